The van der Waals surface area contributed by atoms with E-state index in [-0.39, 0.29) is 35.3 Å². The molecule has 0 radical (unpaired) electrons. The molecule has 4 nitrogen and oxygen atoms in total. The SMILES string of the molecule is CC(=O)O[C@H]1CC[C@H]2[C@@H]3CCC4=CC(=O)CC[C@]4(CO)[C@H]3CC[C@]12C. The summed E-state index contributed by atoms with van der Waals surface area (Å²) < 4.78 is 5.69. The molecule has 4 aliphatic rings. The summed E-state index contributed by atoms with van der Waals surface area (Å²) in [6.07, 6.45) is 9.55. The third-order valence-corrected chi connectivity index (χ3v) is 8.19. The number of ether oxygens (including phenoxy) is 1. The minimum atomic E-state index is -0.169. The zero-order chi connectivity index (χ0) is 17.8. The fourth-order valence-electron chi connectivity index (χ4n) is 7.00. The average molecular weight is 346 g/mol. The number of carbonyl (C=O) groups is 2. The Kier molecular flexibility index (Phi) is 4.10. The number of rotatable bonds is 2. The number of carbonyl (C=O) groups excluding carboxylic acids is 2. The number of hydrogen-bond acceptors (Lipinski definition) is 4. The van der Waals surface area contributed by atoms with Crippen LogP contribution in [-0.2, 0) is 14.3 Å². The summed E-state index contributed by atoms with van der Waals surface area (Å²) in [6, 6.07) is 0. The Morgan fingerprint density at radius 1 is 1.20 bits per heavy atom. The third kappa shape index (κ3) is 2.43. The van der Waals surface area contributed by atoms with Gasteiger partial charge in [0.25, 0.3) is 0 Å². The molecule has 0 spiro atoms. The molecule has 4 heteroatoms. The summed E-state index contributed by atoms with van der Waals surface area (Å²) in [5.74, 6) is 1.68. The molecule has 138 valence electrons. The van der Waals surface area contributed by atoms with Crippen molar-refractivity contribution in [1.82, 2.24) is 0 Å². The zero-order valence-corrected chi connectivity index (χ0v) is 15.4. The molecule has 3 fully saturated rings. The van der Waals surface area contributed by atoms with Crippen molar-refractivity contribution in [3.63, 3.8) is 0 Å². The lowest BCUT2D eigenvalue weighted by Crippen LogP contribution is -2.53. The molecule has 3 saturated carbocycles. The molecule has 0 aromatic heterocycles. The fraction of sp³-hybridized carbons (Fsp3) is 0.810. The van der Waals surface area contributed by atoms with E-state index in [1.165, 1.54) is 12.5 Å². The van der Waals surface area contributed by atoms with Gasteiger partial charge in [0.2, 0.25) is 0 Å². The van der Waals surface area contributed by atoms with Gasteiger partial charge < -0.3 is 9.84 Å². The predicted octanol–water partition coefficient (Wildman–Crippen LogP) is 3.42. The van der Waals surface area contributed by atoms with Crippen molar-refractivity contribution in [2.45, 2.75) is 71.3 Å². The third-order valence-electron chi connectivity index (χ3n) is 8.19. The first-order valence-corrected chi connectivity index (χ1v) is 9.93. The molecule has 0 heterocycles. The van der Waals surface area contributed by atoms with Crippen LogP contribution in [0.1, 0.15) is 65.2 Å². The molecule has 6 atom stereocenters. The zero-order valence-electron chi connectivity index (χ0n) is 15.4. The Labute approximate surface area is 150 Å². The number of ketones is 1. The van der Waals surface area contributed by atoms with Crippen molar-refractivity contribution in [1.29, 1.82) is 0 Å². The molecule has 25 heavy (non-hydrogen) atoms. The highest BCUT2D eigenvalue weighted by Gasteiger charge is 2.60. The number of esters is 1. The Balaban J connectivity index is 1.65. The van der Waals surface area contributed by atoms with Crippen LogP contribution in [0.2, 0.25) is 0 Å². The highest BCUT2D eigenvalue weighted by atomic mass is 16.5. The molecule has 0 aromatic carbocycles. The molecule has 0 bridgehead atoms. The molecular formula is C21H30O4. The molecule has 0 amide bonds. The summed E-state index contributed by atoms with van der Waals surface area (Å²) in [5, 5.41) is 10.4. The number of aliphatic hydroxyl groups is 1. The largest absolute Gasteiger partial charge is 0.462 e. The van der Waals surface area contributed by atoms with Crippen LogP contribution in [0.25, 0.3) is 0 Å². The van der Waals surface area contributed by atoms with E-state index < -0.39 is 0 Å². The number of aliphatic hydroxyl groups excluding tert-OH is 1. The highest BCUT2D eigenvalue weighted by Crippen LogP contribution is 2.65. The van der Waals surface area contributed by atoms with Crippen molar-refractivity contribution in [3.8, 4) is 0 Å². The lowest BCUT2D eigenvalue weighted by molar-refractivity contribution is -0.158. The Hall–Kier alpha value is -1.16. The first-order chi connectivity index (χ1) is 11.9. The summed E-state index contributed by atoms with van der Waals surface area (Å²) in [5.41, 5.74) is 1.12. The summed E-state index contributed by atoms with van der Waals surface area (Å²) in [6.45, 7) is 4.00. The molecule has 0 aromatic rings. The quantitative estimate of drug-likeness (QED) is 0.778. The molecular weight excluding hydrogens is 316 g/mol. The van der Waals surface area contributed by atoms with Gasteiger partial charge in [-0.05, 0) is 68.8 Å². The van der Waals surface area contributed by atoms with Gasteiger partial charge in [-0.1, -0.05) is 12.5 Å². The van der Waals surface area contributed by atoms with Crippen LogP contribution in [0.5, 0.6) is 0 Å². The van der Waals surface area contributed by atoms with E-state index >= 15 is 0 Å². The summed E-state index contributed by atoms with van der Waals surface area (Å²) >= 11 is 0. The van der Waals surface area contributed by atoms with Gasteiger partial charge in [0.15, 0.2) is 5.78 Å². The molecule has 1 N–H and O–H groups in total. The second-order valence-electron chi connectivity index (χ2n) is 9.09. The van der Waals surface area contributed by atoms with Gasteiger partial charge in [0.1, 0.15) is 6.10 Å². The first kappa shape index (κ1) is 17.3. The average Bonchev–Trinajstić information content (AvgIpc) is 2.90. The number of fused-ring (bicyclic) bond motifs is 5. The van der Waals surface area contributed by atoms with Crippen LogP contribution in [0.3, 0.4) is 0 Å². The van der Waals surface area contributed by atoms with Crippen LogP contribution in [0.15, 0.2) is 11.6 Å². The van der Waals surface area contributed by atoms with Gasteiger partial charge in [-0.15, -0.1) is 0 Å². The van der Waals surface area contributed by atoms with E-state index in [0.717, 1.165) is 44.9 Å². The van der Waals surface area contributed by atoms with Crippen molar-refractivity contribution in [2.75, 3.05) is 6.61 Å². The highest BCUT2D eigenvalue weighted by molar-refractivity contribution is 5.91. The molecule has 4 rings (SSSR count). The van der Waals surface area contributed by atoms with Crippen LogP contribution in [0, 0.1) is 28.6 Å². The predicted molar refractivity (Wildman–Crippen MR) is 93.7 cm³/mol. The first-order valence-electron chi connectivity index (χ1n) is 9.93. The van der Waals surface area contributed by atoms with Crippen molar-refractivity contribution < 1.29 is 19.4 Å². The number of hydrogen-bond donors (Lipinski definition) is 1. The van der Waals surface area contributed by atoms with E-state index in [4.69, 9.17) is 4.74 Å². The molecule has 0 saturated heterocycles. The van der Waals surface area contributed by atoms with E-state index in [9.17, 15) is 14.7 Å². The Bertz CT molecular complexity index is 623. The Morgan fingerprint density at radius 2 is 2.00 bits per heavy atom. The maximum Gasteiger partial charge on any atom is 0.302 e. The lowest BCUT2D eigenvalue weighted by Gasteiger charge is -2.58. The van der Waals surface area contributed by atoms with Gasteiger partial charge in [-0.3, -0.25) is 9.59 Å². The van der Waals surface area contributed by atoms with Gasteiger partial charge in [-0.2, -0.15) is 0 Å². The summed E-state index contributed by atoms with van der Waals surface area (Å²) in [4.78, 5) is 23.4. The van der Waals surface area contributed by atoms with Crippen LogP contribution < -0.4 is 0 Å². The molecule has 4 aliphatic carbocycles. The second-order valence-corrected chi connectivity index (χ2v) is 9.09. The molecule has 0 aliphatic heterocycles. The van der Waals surface area contributed by atoms with Crippen molar-refractivity contribution in [3.05, 3.63) is 11.6 Å². The van der Waals surface area contributed by atoms with Crippen LogP contribution in [0.4, 0.5) is 0 Å². The van der Waals surface area contributed by atoms with E-state index in [1.54, 1.807) is 0 Å². The Morgan fingerprint density at radius 3 is 2.72 bits per heavy atom. The smallest absolute Gasteiger partial charge is 0.302 e. The normalized spacial score (nSPS) is 45.9. The molecule has 0 unspecified atom stereocenters. The van der Waals surface area contributed by atoms with Gasteiger partial charge in [0, 0.05) is 24.2 Å². The topological polar surface area (TPSA) is 63.6 Å². The van der Waals surface area contributed by atoms with E-state index in [1.807, 2.05) is 6.08 Å². The van der Waals surface area contributed by atoms with Gasteiger partial charge in [-0.25, -0.2) is 0 Å². The minimum absolute atomic E-state index is 0.0471. The monoisotopic (exact) mass is 346 g/mol. The summed E-state index contributed by atoms with van der Waals surface area (Å²) in [7, 11) is 0. The van der Waals surface area contributed by atoms with Crippen molar-refractivity contribution in [2.24, 2.45) is 28.6 Å². The van der Waals surface area contributed by atoms with E-state index in [2.05, 4.69) is 6.92 Å². The second kappa shape index (κ2) is 5.94. The lowest BCUT2D eigenvalue weighted by atomic mass is 9.47. The maximum atomic E-state index is 11.9. The van der Waals surface area contributed by atoms with Gasteiger partial charge in [0.05, 0.1) is 6.61 Å². The van der Waals surface area contributed by atoms with Crippen LogP contribution in [-0.4, -0.2) is 29.6 Å². The van der Waals surface area contributed by atoms with Crippen molar-refractivity contribution >= 4 is 11.8 Å². The minimum Gasteiger partial charge on any atom is -0.462 e. The maximum absolute atomic E-state index is 11.9. The van der Waals surface area contributed by atoms with Gasteiger partial charge >= 0.3 is 5.97 Å². The van der Waals surface area contributed by atoms with Crippen LogP contribution >= 0.6 is 0 Å². The van der Waals surface area contributed by atoms with E-state index in [0.29, 0.717) is 24.2 Å². The standard InChI is InChI=1S/C21H30O4/c1-13(23)25-19-6-5-17-16-4-3-14-11-15(24)7-10-21(14,12-22)18(16)8-9-20(17,19)2/h11,16-19,22H,3-10,12H2,1-2H3/t16-,17-,18-,19-,20-,21+/m0/s1. The fourth-order valence-corrected chi connectivity index (χ4v) is 7.00.